The molecule has 0 saturated heterocycles. The predicted octanol–water partition coefficient (Wildman–Crippen LogP) is 2.48. The van der Waals surface area contributed by atoms with Crippen LogP contribution in [-0.4, -0.2) is 21.0 Å². The molecule has 0 aliphatic rings. The van der Waals surface area contributed by atoms with Gasteiger partial charge in [0.1, 0.15) is 0 Å². The second kappa shape index (κ2) is 12.9. The van der Waals surface area contributed by atoms with Crippen LogP contribution in [0, 0.1) is 0 Å². The molecule has 0 aliphatic heterocycles. The SMILES string of the molecule is CC(C)OC(=S)[S-].CC(C)OC(=S)[S-].[Pd+2]. The Labute approximate surface area is 127 Å². The fraction of sp³-hybridized carbons (Fsp3) is 0.750. The molecule has 0 atom stereocenters. The summed E-state index contributed by atoms with van der Waals surface area (Å²) in [5.41, 5.74) is 0. The Balaban J connectivity index is -0.000000180. The second-order valence-corrected chi connectivity index (χ2v) is 4.83. The zero-order chi connectivity index (χ0) is 11.7. The van der Waals surface area contributed by atoms with E-state index in [-0.39, 0.29) is 41.4 Å². The molecule has 0 radical (unpaired) electrons. The molecule has 2 nitrogen and oxygen atoms in total. The fourth-order valence-corrected chi connectivity index (χ4v) is 1.15. The molecule has 0 rings (SSSR count). The van der Waals surface area contributed by atoms with Gasteiger partial charge in [-0.25, -0.2) is 0 Å². The maximum Gasteiger partial charge on any atom is 2.00 e. The van der Waals surface area contributed by atoms with Gasteiger partial charge in [0.25, 0.3) is 0 Å². The van der Waals surface area contributed by atoms with E-state index in [4.69, 9.17) is 9.47 Å². The molecule has 0 fully saturated rings. The molecule has 0 heterocycles. The molecule has 0 bridgehead atoms. The van der Waals surface area contributed by atoms with Gasteiger partial charge in [-0.15, -0.1) is 0 Å². The van der Waals surface area contributed by atoms with Gasteiger partial charge >= 0.3 is 20.4 Å². The van der Waals surface area contributed by atoms with Crippen molar-refractivity contribution in [2.45, 2.75) is 39.9 Å². The van der Waals surface area contributed by atoms with Crippen molar-refractivity contribution < 1.29 is 29.9 Å². The maximum absolute atomic E-state index is 4.80. The Morgan fingerprint density at radius 3 is 1.07 bits per heavy atom. The van der Waals surface area contributed by atoms with E-state index in [0.717, 1.165) is 0 Å². The van der Waals surface area contributed by atoms with E-state index in [0.29, 0.717) is 0 Å². The summed E-state index contributed by atoms with van der Waals surface area (Å²) in [6, 6.07) is 0. The predicted molar refractivity (Wildman–Crippen MR) is 72.4 cm³/mol. The standard InChI is InChI=1S/2C4H8OS2.Pd/c2*1-3(2)5-4(6)7;/h2*3H,1-2H3,(H,6,7);/q;;+2/p-2. The Bertz CT molecular complexity index is 165. The van der Waals surface area contributed by atoms with Gasteiger partial charge in [0.2, 0.25) is 0 Å². The minimum atomic E-state index is 0. The summed E-state index contributed by atoms with van der Waals surface area (Å²) in [6.07, 6.45) is 0.259. The average molecular weight is 377 g/mol. The van der Waals surface area contributed by atoms with Gasteiger partial charge in [-0.05, 0) is 27.7 Å². The smallest absolute Gasteiger partial charge is 0.511 e. The van der Waals surface area contributed by atoms with Gasteiger partial charge in [-0.2, -0.15) is 0 Å². The summed E-state index contributed by atoms with van der Waals surface area (Å²) >= 11 is 17.9. The van der Waals surface area contributed by atoms with Crippen molar-refractivity contribution in [3.05, 3.63) is 0 Å². The van der Waals surface area contributed by atoms with E-state index in [1.54, 1.807) is 0 Å². The quantitative estimate of drug-likeness (QED) is 0.416. The zero-order valence-electron chi connectivity index (χ0n) is 8.92. The molecule has 0 aromatic rings. The summed E-state index contributed by atoms with van der Waals surface area (Å²) in [6.45, 7) is 7.55. The van der Waals surface area contributed by atoms with Crippen molar-refractivity contribution >= 4 is 58.5 Å². The molecule has 0 N–H and O–H groups in total. The van der Waals surface area contributed by atoms with Crippen molar-refractivity contribution in [1.29, 1.82) is 0 Å². The summed E-state index contributed by atoms with van der Waals surface area (Å²) in [7, 11) is 0. The van der Waals surface area contributed by atoms with Crippen LogP contribution in [0.4, 0.5) is 0 Å². The number of hydrogen-bond acceptors (Lipinski definition) is 6. The minimum absolute atomic E-state index is 0. The fourth-order valence-electron chi connectivity index (χ4n) is 0.385. The van der Waals surface area contributed by atoms with Crippen LogP contribution in [0.25, 0.3) is 0 Å². The van der Waals surface area contributed by atoms with Crippen LogP contribution in [0.1, 0.15) is 27.7 Å². The van der Waals surface area contributed by atoms with Crippen LogP contribution >= 0.6 is 24.4 Å². The molecule has 92 valence electrons. The Kier molecular flexibility index (Phi) is 18.3. The summed E-state index contributed by atoms with van der Waals surface area (Å²) < 4.78 is 10.0. The van der Waals surface area contributed by atoms with Crippen molar-refractivity contribution in [3.8, 4) is 0 Å². The van der Waals surface area contributed by atoms with Crippen LogP contribution in [0.2, 0.25) is 0 Å². The number of thiocarbonyl (C=S) groups is 2. The van der Waals surface area contributed by atoms with E-state index in [9.17, 15) is 0 Å². The second-order valence-electron chi connectivity index (χ2n) is 2.83. The zero-order valence-corrected chi connectivity index (χ0v) is 13.7. The van der Waals surface area contributed by atoms with E-state index in [1.165, 1.54) is 0 Å². The third kappa shape index (κ3) is 31.3. The molecule has 0 aliphatic carbocycles. The van der Waals surface area contributed by atoms with Crippen LogP contribution in [-0.2, 0) is 55.2 Å². The van der Waals surface area contributed by atoms with E-state index in [1.807, 2.05) is 27.7 Å². The van der Waals surface area contributed by atoms with Crippen LogP contribution in [0.5, 0.6) is 0 Å². The van der Waals surface area contributed by atoms with Gasteiger partial charge in [0, 0.05) is 8.77 Å². The Hall–Kier alpha value is 0.882. The molecule has 0 aromatic carbocycles. The molecular weight excluding hydrogens is 363 g/mol. The molecule has 0 saturated carbocycles. The first-order chi connectivity index (χ1) is 6.25. The minimum Gasteiger partial charge on any atom is -0.511 e. The number of rotatable bonds is 2. The van der Waals surface area contributed by atoms with Gasteiger partial charge in [-0.3, -0.25) is 0 Å². The largest absolute Gasteiger partial charge is 2.00 e. The molecule has 15 heavy (non-hydrogen) atoms. The first-order valence-corrected chi connectivity index (χ1v) is 5.64. The van der Waals surface area contributed by atoms with E-state index < -0.39 is 0 Å². The van der Waals surface area contributed by atoms with Crippen molar-refractivity contribution in [1.82, 2.24) is 0 Å². The van der Waals surface area contributed by atoms with Crippen LogP contribution in [0.3, 0.4) is 0 Å². The monoisotopic (exact) mass is 376 g/mol. The van der Waals surface area contributed by atoms with Crippen LogP contribution < -0.4 is 0 Å². The number of hydrogen-bond donors (Lipinski definition) is 0. The first-order valence-electron chi connectivity index (χ1n) is 4.01. The van der Waals surface area contributed by atoms with Crippen molar-refractivity contribution in [2.75, 3.05) is 0 Å². The Morgan fingerprint density at radius 2 is 1.07 bits per heavy atom. The third-order valence-corrected chi connectivity index (χ3v) is 1.05. The van der Waals surface area contributed by atoms with Crippen molar-refractivity contribution in [2.24, 2.45) is 0 Å². The van der Waals surface area contributed by atoms with Gasteiger partial charge < -0.3 is 59.2 Å². The van der Waals surface area contributed by atoms with E-state index in [2.05, 4.69) is 49.7 Å². The van der Waals surface area contributed by atoms with Gasteiger partial charge in [0.15, 0.2) is 0 Å². The van der Waals surface area contributed by atoms with Crippen molar-refractivity contribution in [3.63, 3.8) is 0 Å². The van der Waals surface area contributed by atoms with Gasteiger partial charge in [0.05, 0.1) is 12.2 Å². The molecule has 0 amide bonds. The van der Waals surface area contributed by atoms with E-state index >= 15 is 0 Å². The molecule has 0 aromatic heterocycles. The maximum atomic E-state index is 4.80. The summed E-state index contributed by atoms with van der Waals surface area (Å²) in [5, 5.41) is 0. The number of ether oxygens (including phenoxy) is 2. The summed E-state index contributed by atoms with van der Waals surface area (Å²) in [4.78, 5) is 0. The third-order valence-electron chi connectivity index (χ3n) is 0.664. The molecule has 0 unspecified atom stereocenters. The molecule has 7 heteroatoms. The topological polar surface area (TPSA) is 18.5 Å². The first kappa shape index (κ1) is 21.2. The van der Waals surface area contributed by atoms with Gasteiger partial charge in [-0.1, -0.05) is 0 Å². The normalized spacial score (nSPS) is 8.40. The van der Waals surface area contributed by atoms with Crippen LogP contribution in [0.15, 0.2) is 0 Å². The summed E-state index contributed by atoms with van der Waals surface area (Å²) in [5.74, 6) is 0. The molecular formula is C8H14O2PdS4. The average Bonchev–Trinajstić information content (AvgIpc) is 1.79. The molecule has 0 spiro atoms. The Morgan fingerprint density at radius 1 is 0.867 bits per heavy atom.